The fourth-order valence-electron chi connectivity index (χ4n) is 2.66. The third-order valence-corrected chi connectivity index (χ3v) is 3.78. The summed E-state index contributed by atoms with van der Waals surface area (Å²) in [5.41, 5.74) is 18.6. The SMILES string of the molecule is [N-]=[N+]=NC1CCC(N=[N+]=[N-])c2cc(C(=O)CC(=O)C(=O)O)ccc21. The number of carbonyl (C=O) groups is 3. The van der Waals surface area contributed by atoms with E-state index in [0.29, 0.717) is 24.0 Å². The molecular formula is C14H12N6O4. The van der Waals surface area contributed by atoms with Crippen LogP contribution < -0.4 is 0 Å². The molecule has 0 fully saturated rings. The monoisotopic (exact) mass is 328 g/mol. The van der Waals surface area contributed by atoms with Crippen LogP contribution in [0.15, 0.2) is 28.4 Å². The molecule has 10 nitrogen and oxygen atoms in total. The number of rotatable bonds is 6. The van der Waals surface area contributed by atoms with Crippen LogP contribution in [0, 0.1) is 0 Å². The Morgan fingerprint density at radius 3 is 2.21 bits per heavy atom. The van der Waals surface area contributed by atoms with Crippen LogP contribution >= 0.6 is 0 Å². The number of azide groups is 2. The third kappa shape index (κ3) is 3.52. The molecule has 0 spiro atoms. The van der Waals surface area contributed by atoms with E-state index in [9.17, 15) is 14.4 Å². The first kappa shape index (κ1) is 17.0. The fourth-order valence-corrected chi connectivity index (χ4v) is 2.66. The van der Waals surface area contributed by atoms with Gasteiger partial charge in [-0.15, -0.1) is 0 Å². The molecule has 1 N–H and O–H groups in total. The minimum Gasteiger partial charge on any atom is -0.475 e. The second kappa shape index (κ2) is 7.28. The summed E-state index contributed by atoms with van der Waals surface area (Å²) in [7, 11) is 0. The molecule has 0 amide bonds. The lowest BCUT2D eigenvalue weighted by atomic mass is 9.83. The molecule has 1 aliphatic rings. The first-order chi connectivity index (χ1) is 11.5. The van der Waals surface area contributed by atoms with Gasteiger partial charge in [-0.2, -0.15) is 0 Å². The Morgan fingerprint density at radius 1 is 1.08 bits per heavy atom. The van der Waals surface area contributed by atoms with Crippen molar-refractivity contribution in [3.63, 3.8) is 0 Å². The van der Waals surface area contributed by atoms with E-state index in [-0.39, 0.29) is 5.56 Å². The molecule has 0 bridgehead atoms. The smallest absolute Gasteiger partial charge is 0.372 e. The van der Waals surface area contributed by atoms with E-state index >= 15 is 0 Å². The van der Waals surface area contributed by atoms with Crippen LogP contribution in [0.2, 0.25) is 0 Å². The molecule has 0 radical (unpaired) electrons. The molecule has 0 aromatic heterocycles. The average molecular weight is 328 g/mol. The lowest BCUT2D eigenvalue weighted by molar-refractivity contribution is -0.148. The van der Waals surface area contributed by atoms with Crippen molar-refractivity contribution >= 4 is 17.5 Å². The second-order valence-corrected chi connectivity index (χ2v) is 5.19. The summed E-state index contributed by atoms with van der Waals surface area (Å²) in [5, 5.41) is 15.9. The lowest BCUT2D eigenvalue weighted by Crippen LogP contribution is -2.18. The predicted octanol–water partition coefficient (Wildman–Crippen LogP) is 3.41. The van der Waals surface area contributed by atoms with Crippen molar-refractivity contribution in [2.75, 3.05) is 0 Å². The number of benzene rings is 1. The van der Waals surface area contributed by atoms with E-state index in [2.05, 4.69) is 20.1 Å². The second-order valence-electron chi connectivity index (χ2n) is 5.19. The van der Waals surface area contributed by atoms with Crippen LogP contribution in [0.3, 0.4) is 0 Å². The van der Waals surface area contributed by atoms with Crippen LogP contribution in [-0.2, 0) is 9.59 Å². The predicted molar refractivity (Wildman–Crippen MR) is 81.0 cm³/mol. The van der Waals surface area contributed by atoms with Gasteiger partial charge in [0.05, 0.1) is 18.5 Å². The summed E-state index contributed by atoms with van der Waals surface area (Å²) in [5.74, 6) is -3.51. The number of hydrogen-bond acceptors (Lipinski definition) is 5. The molecule has 1 aromatic carbocycles. The molecular weight excluding hydrogens is 316 g/mol. The first-order valence-electron chi connectivity index (χ1n) is 6.99. The van der Waals surface area contributed by atoms with Gasteiger partial charge in [0.1, 0.15) is 0 Å². The summed E-state index contributed by atoms with van der Waals surface area (Å²) in [4.78, 5) is 39.3. The van der Waals surface area contributed by atoms with E-state index < -0.39 is 36.0 Å². The van der Waals surface area contributed by atoms with Crippen LogP contribution in [0.1, 0.15) is 52.8 Å². The minimum atomic E-state index is -1.67. The first-order valence-corrected chi connectivity index (χ1v) is 6.99. The molecule has 1 aliphatic carbocycles. The van der Waals surface area contributed by atoms with Crippen molar-refractivity contribution in [3.05, 3.63) is 55.8 Å². The largest absolute Gasteiger partial charge is 0.475 e. The Hall–Kier alpha value is -3.35. The normalized spacial score (nSPS) is 18.5. The van der Waals surface area contributed by atoms with Gasteiger partial charge in [0.2, 0.25) is 5.78 Å². The molecule has 0 heterocycles. The fraction of sp³-hybridized carbons (Fsp3) is 0.357. The van der Waals surface area contributed by atoms with Crippen LogP contribution in [-0.4, -0.2) is 22.6 Å². The highest BCUT2D eigenvalue weighted by molar-refractivity contribution is 6.37. The van der Waals surface area contributed by atoms with Crippen LogP contribution in [0.4, 0.5) is 0 Å². The Bertz CT molecular complexity index is 807. The summed E-state index contributed by atoms with van der Waals surface area (Å²) in [6.45, 7) is 0. The highest BCUT2D eigenvalue weighted by Crippen LogP contribution is 2.41. The van der Waals surface area contributed by atoms with Crippen molar-refractivity contribution < 1.29 is 19.5 Å². The molecule has 0 aliphatic heterocycles. The number of ketones is 2. The highest BCUT2D eigenvalue weighted by Gasteiger charge is 2.27. The molecule has 0 saturated heterocycles. The van der Waals surface area contributed by atoms with Crippen molar-refractivity contribution in [1.29, 1.82) is 0 Å². The van der Waals surface area contributed by atoms with Gasteiger partial charge in [-0.3, -0.25) is 9.59 Å². The summed E-state index contributed by atoms with van der Waals surface area (Å²) in [6, 6.07) is 3.53. The van der Waals surface area contributed by atoms with E-state index in [4.69, 9.17) is 16.2 Å². The van der Waals surface area contributed by atoms with E-state index in [1.807, 2.05) is 0 Å². The number of nitrogens with zero attached hydrogens (tertiary/aromatic N) is 6. The van der Waals surface area contributed by atoms with Crippen molar-refractivity contribution in [1.82, 2.24) is 0 Å². The van der Waals surface area contributed by atoms with Gasteiger partial charge in [-0.05, 0) is 41.1 Å². The van der Waals surface area contributed by atoms with Gasteiger partial charge in [0.25, 0.3) is 0 Å². The molecule has 0 saturated carbocycles. The molecule has 2 atom stereocenters. The zero-order valence-electron chi connectivity index (χ0n) is 12.4. The zero-order chi connectivity index (χ0) is 17.7. The molecule has 122 valence electrons. The van der Waals surface area contributed by atoms with Crippen molar-refractivity contribution in [2.24, 2.45) is 10.2 Å². The van der Waals surface area contributed by atoms with E-state index in [0.717, 1.165) is 0 Å². The minimum absolute atomic E-state index is 0.142. The Labute approximate surface area is 135 Å². The maximum atomic E-state index is 12.0. The zero-order valence-corrected chi connectivity index (χ0v) is 12.4. The summed E-state index contributed by atoms with van der Waals surface area (Å²) in [6.07, 6.45) is 0.206. The standard InChI is InChI=1S/C14H12N6O4/c15-19-17-10-3-4-11(18-20-16)9-5-7(1-2-8(9)10)12(21)6-13(22)14(23)24/h1-2,5,10-11H,3-4,6H2,(H,23,24). The molecule has 2 rings (SSSR count). The Balaban J connectivity index is 2.41. The number of fused-ring (bicyclic) bond motifs is 1. The summed E-state index contributed by atoms with van der Waals surface area (Å²) >= 11 is 0. The van der Waals surface area contributed by atoms with E-state index in [1.54, 1.807) is 6.07 Å². The van der Waals surface area contributed by atoms with Gasteiger partial charge in [-0.25, -0.2) is 4.79 Å². The number of carboxylic acids is 1. The van der Waals surface area contributed by atoms with E-state index in [1.165, 1.54) is 12.1 Å². The summed E-state index contributed by atoms with van der Waals surface area (Å²) < 4.78 is 0. The van der Waals surface area contributed by atoms with Crippen LogP contribution in [0.25, 0.3) is 20.9 Å². The number of hydrogen-bond donors (Lipinski definition) is 1. The highest BCUT2D eigenvalue weighted by atomic mass is 16.4. The Kier molecular flexibility index (Phi) is 5.16. The maximum absolute atomic E-state index is 12.0. The third-order valence-electron chi connectivity index (χ3n) is 3.78. The number of aliphatic carboxylic acids is 1. The van der Waals surface area contributed by atoms with Gasteiger partial charge in [-0.1, -0.05) is 22.4 Å². The number of Topliss-reactive ketones (excluding diaryl/α,β-unsaturated/α-hetero) is 2. The quantitative estimate of drug-likeness (QED) is 0.211. The number of carbonyl (C=O) groups excluding carboxylic acids is 2. The maximum Gasteiger partial charge on any atom is 0.372 e. The van der Waals surface area contributed by atoms with Gasteiger partial charge >= 0.3 is 5.97 Å². The van der Waals surface area contributed by atoms with Crippen LogP contribution in [0.5, 0.6) is 0 Å². The average Bonchev–Trinajstić information content (AvgIpc) is 2.56. The number of carboxylic acid groups (broad SMARTS) is 1. The lowest BCUT2D eigenvalue weighted by Gasteiger charge is -2.27. The Morgan fingerprint density at radius 2 is 1.67 bits per heavy atom. The topological polar surface area (TPSA) is 169 Å². The molecule has 2 unspecified atom stereocenters. The molecule has 1 aromatic rings. The van der Waals surface area contributed by atoms with Gasteiger partial charge < -0.3 is 5.11 Å². The molecule has 10 heteroatoms. The van der Waals surface area contributed by atoms with Gasteiger partial charge in [0.15, 0.2) is 5.78 Å². The molecule has 24 heavy (non-hydrogen) atoms. The van der Waals surface area contributed by atoms with Gasteiger partial charge in [0, 0.05) is 15.4 Å². The van der Waals surface area contributed by atoms with Crippen molar-refractivity contribution in [2.45, 2.75) is 31.3 Å². The van der Waals surface area contributed by atoms with Crippen molar-refractivity contribution in [3.8, 4) is 0 Å².